The second-order valence-electron chi connectivity index (χ2n) is 5.46. The fourth-order valence-corrected chi connectivity index (χ4v) is 4.09. The standard InChI is InChI=1S/C13H25NO4S/c1-5-9(2)12(13(15)18-3)14-10-7-6-8-11(10)19(4,16)17/h9-12,14H,5-8H2,1-4H3. The van der Waals surface area contributed by atoms with E-state index in [1.807, 2.05) is 13.8 Å². The lowest BCUT2D eigenvalue weighted by molar-refractivity contribution is -0.144. The molecule has 1 fully saturated rings. The zero-order chi connectivity index (χ0) is 14.6. The smallest absolute Gasteiger partial charge is 0.323 e. The van der Waals surface area contributed by atoms with Gasteiger partial charge in [-0.05, 0) is 18.8 Å². The molecule has 19 heavy (non-hydrogen) atoms. The van der Waals surface area contributed by atoms with Gasteiger partial charge in [0.2, 0.25) is 0 Å². The largest absolute Gasteiger partial charge is 0.468 e. The van der Waals surface area contributed by atoms with Crippen molar-refractivity contribution in [1.82, 2.24) is 5.32 Å². The molecule has 0 bridgehead atoms. The average molecular weight is 291 g/mol. The molecule has 4 unspecified atom stereocenters. The number of rotatable bonds is 6. The van der Waals surface area contributed by atoms with Gasteiger partial charge in [0.25, 0.3) is 0 Å². The van der Waals surface area contributed by atoms with Gasteiger partial charge in [-0.2, -0.15) is 0 Å². The maximum absolute atomic E-state index is 11.8. The van der Waals surface area contributed by atoms with Crippen LogP contribution in [0.25, 0.3) is 0 Å². The van der Waals surface area contributed by atoms with E-state index in [1.165, 1.54) is 13.4 Å². The maximum atomic E-state index is 11.8. The highest BCUT2D eigenvalue weighted by atomic mass is 32.2. The predicted molar refractivity (Wildman–Crippen MR) is 74.7 cm³/mol. The zero-order valence-electron chi connectivity index (χ0n) is 12.2. The van der Waals surface area contributed by atoms with Crippen molar-refractivity contribution in [3.05, 3.63) is 0 Å². The van der Waals surface area contributed by atoms with Crippen molar-refractivity contribution in [2.24, 2.45) is 5.92 Å². The van der Waals surface area contributed by atoms with Crippen LogP contribution in [0.2, 0.25) is 0 Å². The number of carbonyl (C=O) groups is 1. The summed E-state index contributed by atoms with van der Waals surface area (Å²) in [4.78, 5) is 11.8. The van der Waals surface area contributed by atoms with Gasteiger partial charge in [-0.15, -0.1) is 0 Å². The number of carbonyl (C=O) groups excluding carboxylic acids is 1. The van der Waals surface area contributed by atoms with Crippen LogP contribution in [-0.2, 0) is 19.4 Å². The van der Waals surface area contributed by atoms with E-state index in [-0.39, 0.29) is 23.2 Å². The van der Waals surface area contributed by atoms with Crippen LogP contribution in [0.1, 0.15) is 39.5 Å². The van der Waals surface area contributed by atoms with E-state index >= 15 is 0 Å². The third-order valence-electron chi connectivity index (χ3n) is 4.06. The molecule has 1 aliphatic rings. The first-order chi connectivity index (χ1) is 8.81. The SMILES string of the molecule is CCC(C)C(NC1CCCC1S(C)(=O)=O)C(=O)OC. The van der Waals surface area contributed by atoms with E-state index in [1.54, 1.807) is 0 Å². The first-order valence-electron chi connectivity index (χ1n) is 6.84. The minimum Gasteiger partial charge on any atom is -0.468 e. The first kappa shape index (κ1) is 16.4. The zero-order valence-corrected chi connectivity index (χ0v) is 13.0. The highest BCUT2D eigenvalue weighted by Gasteiger charge is 2.38. The molecule has 5 nitrogen and oxygen atoms in total. The molecular formula is C13H25NO4S. The normalized spacial score (nSPS) is 26.9. The van der Waals surface area contributed by atoms with Gasteiger partial charge in [0.15, 0.2) is 9.84 Å². The van der Waals surface area contributed by atoms with Crippen LogP contribution in [0, 0.1) is 5.92 Å². The molecule has 0 amide bonds. The summed E-state index contributed by atoms with van der Waals surface area (Å²) in [5, 5.41) is 2.83. The van der Waals surface area contributed by atoms with Crippen LogP contribution in [-0.4, -0.2) is 45.1 Å². The first-order valence-corrected chi connectivity index (χ1v) is 8.79. The molecule has 0 radical (unpaired) electrons. The van der Waals surface area contributed by atoms with Gasteiger partial charge in [0, 0.05) is 12.3 Å². The molecule has 1 saturated carbocycles. The van der Waals surface area contributed by atoms with Crippen molar-refractivity contribution in [1.29, 1.82) is 0 Å². The van der Waals surface area contributed by atoms with Gasteiger partial charge in [0.05, 0.1) is 12.4 Å². The van der Waals surface area contributed by atoms with E-state index in [2.05, 4.69) is 5.32 Å². The molecule has 1 aliphatic carbocycles. The second kappa shape index (κ2) is 6.70. The summed E-state index contributed by atoms with van der Waals surface area (Å²) >= 11 is 0. The third-order valence-corrected chi connectivity index (χ3v) is 5.73. The molecule has 0 aromatic carbocycles. The van der Waals surface area contributed by atoms with E-state index < -0.39 is 15.9 Å². The van der Waals surface area contributed by atoms with Crippen LogP contribution < -0.4 is 5.32 Å². The van der Waals surface area contributed by atoms with Crippen LogP contribution in [0.3, 0.4) is 0 Å². The summed E-state index contributed by atoms with van der Waals surface area (Å²) in [7, 11) is -1.71. The van der Waals surface area contributed by atoms with E-state index in [4.69, 9.17) is 4.74 Å². The fourth-order valence-electron chi connectivity index (χ4n) is 2.69. The van der Waals surface area contributed by atoms with E-state index in [9.17, 15) is 13.2 Å². The molecule has 6 heteroatoms. The number of nitrogens with one attached hydrogen (secondary N) is 1. The van der Waals surface area contributed by atoms with Gasteiger partial charge in [-0.25, -0.2) is 8.42 Å². The highest BCUT2D eigenvalue weighted by Crippen LogP contribution is 2.26. The number of methoxy groups -OCH3 is 1. The summed E-state index contributed by atoms with van der Waals surface area (Å²) in [6.07, 6.45) is 4.45. The number of hydrogen-bond acceptors (Lipinski definition) is 5. The lowest BCUT2D eigenvalue weighted by Gasteiger charge is -2.28. The predicted octanol–water partition coefficient (Wildman–Crippen LogP) is 1.13. The molecule has 0 heterocycles. The lowest BCUT2D eigenvalue weighted by atomic mass is 9.98. The molecule has 0 spiro atoms. The highest BCUT2D eigenvalue weighted by molar-refractivity contribution is 7.91. The van der Waals surface area contributed by atoms with Gasteiger partial charge < -0.3 is 10.1 Å². The Morgan fingerprint density at radius 1 is 1.42 bits per heavy atom. The lowest BCUT2D eigenvalue weighted by Crippen LogP contribution is -2.51. The Labute approximate surface area is 116 Å². The molecular weight excluding hydrogens is 266 g/mol. The molecule has 1 rings (SSSR count). The summed E-state index contributed by atoms with van der Waals surface area (Å²) < 4.78 is 28.3. The molecule has 0 aliphatic heterocycles. The van der Waals surface area contributed by atoms with Gasteiger partial charge in [-0.1, -0.05) is 26.7 Å². The Balaban J connectivity index is 2.81. The number of ether oxygens (including phenoxy) is 1. The summed E-state index contributed by atoms with van der Waals surface area (Å²) in [5.41, 5.74) is 0. The third kappa shape index (κ3) is 4.18. The quantitative estimate of drug-likeness (QED) is 0.743. The van der Waals surface area contributed by atoms with Crippen LogP contribution in [0.15, 0.2) is 0 Å². The molecule has 4 atom stereocenters. The molecule has 0 aromatic heterocycles. The van der Waals surface area contributed by atoms with Gasteiger partial charge in [0.1, 0.15) is 6.04 Å². The van der Waals surface area contributed by atoms with E-state index in [0.717, 1.165) is 19.3 Å². The summed E-state index contributed by atoms with van der Waals surface area (Å²) in [6, 6.07) is -0.574. The minimum atomic E-state index is -3.08. The van der Waals surface area contributed by atoms with E-state index in [0.29, 0.717) is 6.42 Å². The number of esters is 1. The average Bonchev–Trinajstić information content (AvgIpc) is 2.82. The molecule has 0 aromatic rings. The number of sulfone groups is 1. The van der Waals surface area contributed by atoms with Crippen molar-refractivity contribution >= 4 is 15.8 Å². The second-order valence-corrected chi connectivity index (χ2v) is 7.72. The fraction of sp³-hybridized carbons (Fsp3) is 0.923. The Morgan fingerprint density at radius 2 is 2.05 bits per heavy atom. The molecule has 0 saturated heterocycles. The van der Waals surface area contributed by atoms with Crippen LogP contribution in [0.5, 0.6) is 0 Å². The Kier molecular flexibility index (Phi) is 5.80. The topological polar surface area (TPSA) is 72.5 Å². The van der Waals surface area contributed by atoms with Crippen molar-refractivity contribution in [2.75, 3.05) is 13.4 Å². The van der Waals surface area contributed by atoms with Crippen molar-refractivity contribution in [3.8, 4) is 0 Å². The van der Waals surface area contributed by atoms with Crippen molar-refractivity contribution in [3.63, 3.8) is 0 Å². The minimum absolute atomic E-state index is 0.119. The Hall–Kier alpha value is -0.620. The van der Waals surface area contributed by atoms with Gasteiger partial charge in [-0.3, -0.25) is 4.79 Å². The van der Waals surface area contributed by atoms with Crippen molar-refractivity contribution < 1.29 is 17.9 Å². The molecule has 1 N–H and O–H groups in total. The van der Waals surface area contributed by atoms with Crippen LogP contribution in [0.4, 0.5) is 0 Å². The summed E-state index contributed by atoms with van der Waals surface area (Å²) in [6.45, 7) is 3.98. The Morgan fingerprint density at radius 3 is 2.53 bits per heavy atom. The summed E-state index contributed by atoms with van der Waals surface area (Å²) in [5.74, 6) is -0.193. The Bertz CT molecular complexity index is 407. The van der Waals surface area contributed by atoms with Crippen molar-refractivity contribution in [2.45, 2.75) is 56.9 Å². The van der Waals surface area contributed by atoms with Crippen LogP contribution >= 0.6 is 0 Å². The monoisotopic (exact) mass is 291 g/mol. The number of hydrogen-bond donors (Lipinski definition) is 1. The maximum Gasteiger partial charge on any atom is 0.323 e. The molecule has 112 valence electrons. The van der Waals surface area contributed by atoms with Gasteiger partial charge >= 0.3 is 5.97 Å².